The van der Waals surface area contributed by atoms with Crippen molar-refractivity contribution in [3.8, 4) is 0 Å². The third-order valence-corrected chi connectivity index (χ3v) is 22.3. The van der Waals surface area contributed by atoms with Crippen LogP contribution in [0, 0.1) is 39.4 Å². The van der Waals surface area contributed by atoms with Gasteiger partial charge in [-0.25, -0.2) is 8.42 Å². The van der Waals surface area contributed by atoms with E-state index in [4.69, 9.17) is 61.0 Å². The summed E-state index contributed by atoms with van der Waals surface area (Å²) < 4.78 is 114. The lowest BCUT2D eigenvalue weighted by Crippen LogP contribution is -2.68. The number of Topliss-reactive ketones (excluding diaryl/α,β-unsaturated/α-hetero) is 1. The van der Waals surface area contributed by atoms with Crippen molar-refractivity contribution in [2.45, 2.75) is 259 Å². The molecule has 0 aromatic rings. The van der Waals surface area contributed by atoms with Crippen LogP contribution in [0.25, 0.3) is 0 Å². The molecule has 1 spiro atoms. The number of hydrogen-bond donors (Lipinski definition) is 11. The summed E-state index contributed by atoms with van der Waals surface area (Å²) in [5.41, 5.74) is -1.77. The van der Waals surface area contributed by atoms with Gasteiger partial charge in [0.2, 0.25) is 10.4 Å². The highest BCUT2D eigenvalue weighted by atomic mass is 32.3. The molecule has 29 nitrogen and oxygen atoms in total. The van der Waals surface area contributed by atoms with E-state index in [1.165, 1.54) is 6.92 Å². The van der Waals surface area contributed by atoms with Gasteiger partial charge in [0.25, 0.3) is 0 Å². The van der Waals surface area contributed by atoms with Crippen LogP contribution in [0.1, 0.15) is 106 Å². The number of fused-ring (bicyclic) bond motifs is 4. The molecule has 3 saturated carbocycles. The van der Waals surface area contributed by atoms with Gasteiger partial charge in [0, 0.05) is 18.9 Å². The third kappa shape index (κ3) is 12.2. The molecule has 30 heteroatoms. The molecule has 10 rings (SSSR count). The highest BCUT2D eigenvalue weighted by Gasteiger charge is 2.79. The number of aliphatic hydroxyl groups excluding tert-OH is 11. The molecule has 6 saturated heterocycles. The average Bonchev–Trinajstić information content (AvgIpc) is 1.53. The zero-order chi connectivity index (χ0) is 65.0. The number of esters is 1. The molecule has 0 radical (unpaired) electrons. The Morgan fingerprint density at radius 2 is 1.29 bits per heavy atom. The van der Waals surface area contributed by atoms with Gasteiger partial charge in [-0.2, -0.15) is 0 Å². The largest absolute Gasteiger partial charge is 0.726 e. The predicted octanol–water partition coefficient (Wildman–Crippen LogP) is -2.26. The highest BCUT2D eigenvalue weighted by molar-refractivity contribution is 7.80. The minimum absolute atomic E-state index is 0.0312. The quantitative estimate of drug-likeness (QED) is 0.0281. The van der Waals surface area contributed by atoms with Crippen LogP contribution in [0.4, 0.5) is 0 Å². The summed E-state index contributed by atoms with van der Waals surface area (Å²) in [7, 11) is -4.36. The first-order valence-corrected chi connectivity index (χ1v) is 32.1. The maximum Gasteiger partial charge on any atom is 0.314 e. The van der Waals surface area contributed by atoms with E-state index in [2.05, 4.69) is 26.5 Å². The van der Waals surface area contributed by atoms with Gasteiger partial charge in [-0.05, 0) is 94.8 Å². The normalized spacial score (nSPS) is 50.7. The maximum atomic E-state index is 14.5. The number of carbonyl (C=O) groups excluding carboxylic acids is 2. The van der Waals surface area contributed by atoms with Crippen LogP contribution in [0.3, 0.4) is 0 Å². The number of rotatable bonds is 19. The first-order chi connectivity index (χ1) is 41.7. The summed E-state index contributed by atoms with van der Waals surface area (Å²) in [6.07, 6.45) is -34.8. The van der Waals surface area contributed by atoms with Gasteiger partial charge in [0.05, 0.1) is 50.0 Å². The van der Waals surface area contributed by atoms with Crippen molar-refractivity contribution in [1.29, 1.82) is 0 Å². The number of hydrogen-bond acceptors (Lipinski definition) is 29. The second-order valence-corrected chi connectivity index (χ2v) is 28.6. The van der Waals surface area contributed by atoms with Crippen molar-refractivity contribution >= 4 is 22.2 Å². The number of cyclic esters (lactones) is 1. The van der Waals surface area contributed by atoms with E-state index in [1.54, 1.807) is 0 Å². The van der Waals surface area contributed by atoms with E-state index in [0.717, 1.165) is 31.1 Å². The molecule has 31 atom stereocenters. The molecule has 31 unspecified atom stereocenters. The Hall–Kier alpha value is -2.39. The van der Waals surface area contributed by atoms with E-state index in [9.17, 15) is 78.7 Å². The molecule has 6 aliphatic heterocycles. The molecule has 9 fully saturated rings. The molecule has 508 valence electrons. The molecule has 6 heterocycles. The zero-order valence-corrected chi connectivity index (χ0v) is 52.1. The highest BCUT2D eigenvalue weighted by Crippen LogP contribution is 2.75. The van der Waals surface area contributed by atoms with E-state index in [0.29, 0.717) is 38.5 Å². The van der Waals surface area contributed by atoms with Gasteiger partial charge < -0.3 is 118 Å². The van der Waals surface area contributed by atoms with E-state index < -0.39 is 217 Å². The van der Waals surface area contributed by atoms with Crippen LogP contribution in [-0.2, 0) is 81.0 Å². The first-order valence-electron chi connectivity index (χ1n) is 30.8. The van der Waals surface area contributed by atoms with Crippen molar-refractivity contribution in [2.24, 2.45) is 39.4 Å². The fourth-order valence-electron chi connectivity index (χ4n) is 17.2. The standard InChI is InChI=1S/C59H92O29S/c1-24(2)11-10-16-58(8)48-28(62)19-57(7)27-12-13-33-55(4,5)34(15-17-56(33,6)26(27)14-18-59(48,57)54(72)87-58)82-52-46(38(67)32(23-78-52)88-89(73,74)75)86-53-47(85-49-39(68)35(64)29(63)22-77-49)40(69)43(25(3)79-53)83-51-42(71)45(37(66)31(21-61)81-51)84-50-41(70)44(76-9)36(65)30(20-60)80-50/h12,25-26,29-53,60-61,63-71H,1,10-11,13-23H2,2-9H3,(H,73,74,75)/p-1. The van der Waals surface area contributed by atoms with Crippen molar-refractivity contribution in [1.82, 2.24) is 0 Å². The second kappa shape index (κ2) is 26.0. The van der Waals surface area contributed by atoms with Crippen molar-refractivity contribution in [3.63, 3.8) is 0 Å². The summed E-state index contributed by atoms with van der Waals surface area (Å²) in [4.78, 5) is 28.9. The molecule has 0 amide bonds. The fourth-order valence-corrected chi connectivity index (χ4v) is 17.7. The van der Waals surface area contributed by atoms with Crippen molar-refractivity contribution in [2.75, 3.05) is 33.5 Å². The van der Waals surface area contributed by atoms with Crippen molar-refractivity contribution < 1.29 is 140 Å². The minimum atomic E-state index is -5.52. The molecule has 0 aromatic heterocycles. The minimum Gasteiger partial charge on any atom is -0.726 e. The Balaban J connectivity index is 0.908. The number of carbonyl (C=O) groups is 2. The van der Waals surface area contributed by atoms with Gasteiger partial charge in [0.1, 0.15) is 115 Å². The lowest BCUT2D eigenvalue weighted by atomic mass is 9.41. The zero-order valence-electron chi connectivity index (χ0n) is 51.2. The molecule has 89 heavy (non-hydrogen) atoms. The molecular weight excluding hydrogens is 1200 g/mol. The maximum absolute atomic E-state index is 14.5. The Morgan fingerprint density at radius 3 is 1.92 bits per heavy atom. The third-order valence-electron chi connectivity index (χ3n) is 21.8. The summed E-state index contributed by atoms with van der Waals surface area (Å²) in [6, 6.07) is 0. The van der Waals surface area contributed by atoms with E-state index >= 15 is 0 Å². The summed E-state index contributed by atoms with van der Waals surface area (Å²) >= 11 is 0. The monoisotopic (exact) mass is 1300 g/mol. The van der Waals surface area contributed by atoms with E-state index in [1.807, 2.05) is 27.7 Å². The Bertz CT molecular complexity index is 2700. The first kappa shape index (κ1) is 69.4. The lowest BCUT2D eigenvalue weighted by Gasteiger charge is -2.63. The Kier molecular flexibility index (Phi) is 20.3. The van der Waals surface area contributed by atoms with Crippen LogP contribution in [0.5, 0.6) is 0 Å². The van der Waals surface area contributed by atoms with Crippen LogP contribution in [-0.4, -0.2) is 267 Å². The van der Waals surface area contributed by atoms with Gasteiger partial charge in [-0.1, -0.05) is 44.9 Å². The van der Waals surface area contributed by atoms with Gasteiger partial charge >= 0.3 is 5.97 Å². The molecule has 10 aliphatic rings. The van der Waals surface area contributed by atoms with Crippen LogP contribution >= 0.6 is 0 Å². The Morgan fingerprint density at radius 1 is 0.697 bits per heavy atom. The van der Waals surface area contributed by atoms with E-state index in [-0.39, 0.29) is 30.0 Å². The number of ether oxygens (including phenoxy) is 12. The topological polar surface area (TPSA) is 434 Å². The lowest BCUT2D eigenvalue weighted by molar-refractivity contribution is -0.403. The summed E-state index contributed by atoms with van der Waals surface area (Å²) in [6.45, 7) is 14.6. The fraction of sp³-hybridized carbons (Fsp3) is 0.898. The van der Waals surface area contributed by atoms with Gasteiger partial charge in [0.15, 0.2) is 31.5 Å². The number of ketones is 1. The summed E-state index contributed by atoms with van der Waals surface area (Å²) in [5, 5.41) is 122. The number of aliphatic hydroxyl groups is 11. The van der Waals surface area contributed by atoms with Gasteiger partial charge in [-0.15, -0.1) is 6.58 Å². The molecular formula is C59H91O29S-. The molecule has 4 aliphatic carbocycles. The Labute approximate surface area is 516 Å². The predicted molar refractivity (Wildman–Crippen MR) is 296 cm³/mol. The average molecular weight is 1300 g/mol. The second-order valence-electron chi connectivity index (χ2n) is 27.6. The van der Waals surface area contributed by atoms with Crippen LogP contribution in [0.15, 0.2) is 23.8 Å². The summed E-state index contributed by atoms with van der Waals surface area (Å²) in [5.74, 6) is -1.01. The molecule has 11 N–H and O–H groups in total. The SMILES string of the molecule is C=C(C)CCCC1(C)OC(=O)C23CCC4C(=CCC5C(C)(C)C(OC6OCC(OS(=O)(=O)[O-])C(O)C6OC6OC(C)C(OC7OC(CO)C(O)C(OC8OC(CO)C(O)C(OC)C8O)C7O)C(O)C6OC6OCC(O)C(O)C6O)CCC45C)C2(C)CC(=O)C13. The number of allylic oxidation sites excluding steroid dienone is 3. The number of methoxy groups -OCH3 is 1. The van der Waals surface area contributed by atoms with Crippen LogP contribution < -0.4 is 0 Å². The molecule has 0 bridgehead atoms. The van der Waals surface area contributed by atoms with Crippen molar-refractivity contribution in [3.05, 3.63) is 23.8 Å². The molecule has 0 aromatic carbocycles. The van der Waals surface area contributed by atoms with Gasteiger partial charge in [-0.3, -0.25) is 13.8 Å². The smallest absolute Gasteiger partial charge is 0.314 e. The van der Waals surface area contributed by atoms with Crippen LogP contribution in [0.2, 0.25) is 0 Å².